The van der Waals surface area contributed by atoms with Gasteiger partial charge < -0.3 is 15.2 Å². The maximum Gasteiger partial charge on any atom is 0.0897 e. The Hall–Kier alpha value is -0.120. The zero-order valence-electron chi connectivity index (χ0n) is 14.0. The van der Waals surface area contributed by atoms with E-state index < -0.39 is 0 Å². The van der Waals surface area contributed by atoms with E-state index >= 15 is 0 Å². The maximum absolute atomic E-state index is 10.2. The molecule has 0 aromatic heterocycles. The van der Waals surface area contributed by atoms with Crippen molar-refractivity contribution >= 4 is 0 Å². The lowest BCUT2D eigenvalue weighted by molar-refractivity contribution is -0.0507. The van der Waals surface area contributed by atoms with Crippen LogP contribution in [0.15, 0.2) is 0 Å². The summed E-state index contributed by atoms with van der Waals surface area (Å²) in [5.74, 6) is 1.45. The lowest BCUT2D eigenvalue weighted by atomic mass is 9.85. The molecule has 0 aliphatic heterocycles. The highest BCUT2D eigenvalue weighted by atomic mass is 16.5. The highest BCUT2D eigenvalue weighted by Crippen LogP contribution is 2.29. The maximum atomic E-state index is 10.2. The Morgan fingerprint density at radius 2 is 1.81 bits per heavy atom. The Bertz CT molecular complexity index is 284. The van der Waals surface area contributed by atoms with Crippen LogP contribution in [0.2, 0.25) is 0 Å². The summed E-state index contributed by atoms with van der Waals surface area (Å²) >= 11 is 0. The van der Waals surface area contributed by atoms with Gasteiger partial charge in [-0.2, -0.15) is 0 Å². The summed E-state index contributed by atoms with van der Waals surface area (Å²) in [5, 5.41) is 13.7. The van der Waals surface area contributed by atoms with Crippen LogP contribution in [-0.4, -0.2) is 36.5 Å². The standard InChI is InChI=1S/C18H35NO2/c1-3-15-9-5-7-11-18(15)21-13-16(20)12-19-17-10-6-4-8-14(17)2/h14-20H,3-13H2,1-2H3. The number of aliphatic hydroxyl groups excluding tert-OH is 1. The van der Waals surface area contributed by atoms with Crippen molar-refractivity contribution in [1.82, 2.24) is 5.32 Å². The Morgan fingerprint density at radius 1 is 1.10 bits per heavy atom. The molecule has 0 amide bonds. The van der Waals surface area contributed by atoms with E-state index in [-0.39, 0.29) is 6.10 Å². The summed E-state index contributed by atoms with van der Waals surface area (Å²) in [6, 6.07) is 0.589. The Labute approximate surface area is 130 Å². The first-order valence-electron chi connectivity index (χ1n) is 9.23. The van der Waals surface area contributed by atoms with Crippen LogP contribution in [0.4, 0.5) is 0 Å². The fourth-order valence-corrected chi connectivity index (χ4v) is 4.06. The minimum atomic E-state index is -0.362. The number of hydrogen-bond acceptors (Lipinski definition) is 3. The minimum Gasteiger partial charge on any atom is -0.389 e. The molecule has 3 heteroatoms. The first-order chi connectivity index (χ1) is 10.2. The number of aliphatic hydroxyl groups is 1. The Kier molecular flexibility index (Phi) is 7.48. The summed E-state index contributed by atoms with van der Waals surface area (Å²) in [4.78, 5) is 0. The van der Waals surface area contributed by atoms with Crippen molar-refractivity contribution in [3.05, 3.63) is 0 Å². The van der Waals surface area contributed by atoms with Crippen LogP contribution in [-0.2, 0) is 4.74 Å². The summed E-state index contributed by atoms with van der Waals surface area (Å²) in [5.41, 5.74) is 0. The molecular formula is C18H35NO2. The highest BCUT2D eigenvalue weighted by molar-refractivity contribution is 4.80. The van der Waals surface area contributed by atoms with Crippen LogP contribution in [0.1, 0.15) is 71.6 Å². The van der Waals surface area contributed by atoms with Gasteiger partial charge >= 0.3 is 0 Å². The fourth-order valence-electron chi connectivity index (χ4n) is 4.06. The van der Waals surface area contributed by atoms with Crippen LogP contribution in [0.25, 0.3) is 0 Å². The monoisotopic (exact) mass is 297 g/mol. The van der Waals surface area contributed by atoms with Crippen LogP contribution < -0.4 is 5.32 Å². The normalized spacial score (nSPS) is 35.6. The van der Waals surface area contributed by atoms with Crippen molar-refractivity contribution < 1.29 is 9.84 Å². The second-order valence-corrected chi connectivity index (χ2v) is 7.25. The van der Waals surface area contributed by atoms with Crippen molar-refractivity contribution in [3.8, 4) is 0 Å². The SMILES string of the molecule is CCC1CCCCC1OCC(O)CNC1CCCCC1C. The molecule has 2 aliphatic carbocycles. The van der Waals surface area contributed by atoms with Gasteiger partial charge in [-0.05, 0) is 37.5 Å². The van der Waals surface area contributed by atoms with Crippen LogP contribution >= 0.6 is 0 Å². The average molecular weight is 297 g/mol. The van der Waals surface area contributed by atoms with E-state index in [0.29, 0.717) is 31.2 Å². The van der Waals surface area contributed by atoms with Gasteiger partial charge in [0.05, 0.1) is 18.8 Å². The second kappa shape index (κ2) is 9.12. The number of nitrogens with one attached hydrogen (secondary N) is 1. The lowest BCUT2D eigenvalue weighted by Gasteiger charge is -2.32. The van der Waals surface area contributed by atoms with E-state index in [2.05, 4.69) is 19.2 Å². The molecule has 3 nitrogen and oxygen atoms in total. The van der Waals surface area contributed by atoms with Gasteiger partial charge in [0.25, 0.3) is 0 Å². The Morgan fingerprint density at radius 3 is 2.57 bits per heavy atom. The zero-order valence-corrected chi connectivity index (χ0v) is 14.0. The first kappa shape index (κ1) is 17.2. The van der Waals surface area contributed by atoms with E-state index in [1.807, 2.05) is 0 Å². The fraction of sp³-hybridized carbons (Fsp3) is 1.00. The van der Waals surface area contributed by atoms with Crippen LogP contribution in [0.3, 0.4) is 0 Å². The third-order valence-electron chi connectivity index (χ3n) is 5.59. The average Bonchev–Trinajstić information content (AvgIpc) is 2.52. The van der Waals surface area contributed by atoms with Gasteiger partial charge in [0.2, 0.25) is 0 Å². The molecule has 124 valence electrons. The van der Waals surface area contributed by atoms with Gasteiger partial charge in [-0.3, -0.25) is 0 Å². The number of ether oxygens (including phenoxy) is 1. The first-order valence-corrected chi connectivity index (χ1v) is 9.23. The van der Waals surface area contributed by atoms with Gasteiger partial charge in [0.1, 0.15) is 0 Å². The zero-order chi connectivity index (χ0) is 15.1. The number of hydrogen-bond donors (Lipinski definition) is 2. The summed E-state index contributed by atoms with van der Waals surface area (Å²) in [6.45, 7) is 5.76. The van der Waals surface area contributed by atoms with Crippen molar-refractivity contribution in [2.75, 3.05) is 13.2 Å². The van der Waals surface area contributed by atoms with Crippen molar-refractivity contribution in [3.63, 3.8) is 0 Å². The molecule has 21 heavy (non-hydrogen) atoms. The molecule has 2 rings (SSSR count). The predicted octanol–water partition coefficient (Wildman–Crippen LogP) is 3.50. The molecule has 0 saturated heterocycles. The number of rotatable bonds is 7. The summed E-state index contributed by atoms with van der Waals surface area (Å²) in [7, 11) is 0. The molecule has 0 spiro atoms. The smallest absolute Gasteiger partial charge is 0.0897 e. The van der Waals surface area contributed by atoms with E-state index in [0.717, 1.165) is 5.92 Å². The van der Waals surface area contributed by atoms with Crippen LogP contribution in [0, 0.1) is 11.8 Å². The molecule has 0 heterocycles. The highest BCUT2D eigenvalue weighted by Gasteiger charge is 2.25. The molecule has 0 bridgehead atoms. The molecule has 5 unspecified atom stereocenters. The topological polar surface area (TPSA) is 41.5 Å². The molecule has 2 fully saturated rings. The van der Waals surface area contributed by atoms with E-state index in [1.165, 1.54) is 57.8 Å². The van der Waals surface area contributed by atoms with Gasteiger partial charge in [-0.25, -0.2) is 0 Å². The molecule has 0 aromatic carbocycles. The lowest BCUT2D eigenvalue weighted by Crippen LogP contribution is -2.43. The molecule has 0 aromatic rings. The quantitative estimate of drug-likeness (QED) is 0.755. The largest absolute Gasteiger partial charge is 0.389 e. The molecule has 5 atom stereocenters. The van der Waals surface area contributed by atoms with Gasteiger partial charge in [-0.15, -0.1) is 0 Å². The Balaban J connectivity index is 1.63. The summed E-state index contributed by atoms with van der Waals surface area (Å²) < 4.78 is 6.02. The molecule has 2 aliphatic rings. The van der Waals surface area contributed by atoms with Crippen LogP contribution in [0.5, 0.6) is 0 Å². The minimum absolute atomic E-state index is 0.362. The van der Waals surface area contributed by atoms with Crippen molar-refractivity contribution in [2.24, 2.45) is 11.8 Å². The predicted molar refractivity (Wildman–Crippen MR) is 87.4 cm³/mol. The molecular weight excluding hydrogens is 262 g/mol. The second-order valence-electron chi connectivity index (χ2n) is 7.25. The molecule has 2 N–H and O–H groups in total. The summed E-state index contributed by atoms with van der Waals surface area (Å²) in [6.07, 6.45) is 11.6. The van der Waals surface area contributed by atoms with Gasteiger partial charge in [-0.1, -0.05) is 46.0 Å². The van der Waals surface area contributed by atoms with E-state index in [1.54, 1.807) is 0 Å². The van der Waals surface area contributed by atoms with E-state index in [4.69, 9.17) is 4.74 Å². The van der Waals surface area contributed by atoms with Gasteiger partial charge in [0.15, 0.2) is 0 Å². The van der Waals surface area contributed by atoms with E-state index in [9.17, 15) is 5.11 Å². The van der Waals surface area contributed by atoms with Gasteiger partial charge in [0, 0.05) is 12.6 Å². The van der Waals surface area contributed by atoms with Crippen molar-refractivity contribution in [1.29, 1.82) is 0 Å². The third kappa shape index (κ3) is 5.54. The third-order valence-corrected chi connectivity index (χ3v) is 5.59. The van der Waals surface area contributed by atoms with Crippen molar-refractivity contribution in [2.45, 2.75) is 89.9 Å². The molecule has 0 radical (unpaired) electrons. The molecule has 2 saturated carbocycles.